The average Bonchev–Trinajstić information content (AvgIpc) is 2.30. The predicted molar refractivity (Wildman–Crippen MR) is 62.4 cm³/mol. The third-order valence-corrected chi connectivity index (χ3v) is 2.26. The Bertz CT molecular complexity index is 254. The zero-order valence-corrected chi connectivity index (χ0v) is 9.66. The first-order chi connectivity index (χ1) is 7.36. The number of aryl methyl sites for hydroxylation is 1. The van der Waals surface area contributed by atoms with E-state index >= 15 is 0 Å². The van der Waals surface area contributed by atoms with Crippen LogP contribution in [-0.2, 0) is 11.2 Å². The lowest BCUT2D eigenvalue weighted by molar-refractivity contribution is 0.132. The van der Waals surface area contributed by atoms with Gasteiger partial charge in [-0.2, -0.15) is 0 Å². The molecule has 0 N–H and O–H groups in total. The van der Waals surface area contributed by atoms with Crippen LogP contribution in [-0.4, -0.2) is 20.3 Å². The van der Waals surface area contributed by atoms with Gasteiger partial charge in [0.15, 0.2) is 0 Å². The Balaban J connectivity index is 2.20. The fourth-order valence-corrected chi connectivity index (χ4v) is 1.42. The van der Waals surface area contributed by atoms with E-state index in [-0.39, 0.29) is 0 Å². The van der Waals surface area contributed by atoms with Crippen molar-refractivity contribution in [2.75, 3.05) is 20.3 Å². The summed E-state index contributed by atoms with van der Waals surface area (Å²) in [5.41, 5.74) is 1.34. The summed E-state index contributed by atoms with van der Waals surface area (Å²) in [7, 11) is 1.69. The van der Waals surface area contributed by atoms with Crippen LogP contribution in [0.5, 0.6) is 5.75 Å². The Morgan fingerprint density at radius 3 is 2.40 bits per heavy atom. The highest BCUT2D eigenvalue weighted by Crippen LogP contribution is 2.12. The van der Waals surface area contributed by atoms with E-state index in [1.807, 2.05) is 12.1 Å². The van der Waals surface area contributed by atoms with Crippen LogP contribution in [0.1, 0.15) is 25.3 Å². The number of benzene rings is 1. The zero-order chi connectivity index (χ0) is 10.9. The molecule has 15 heavy (non-hydrogen) atoms. The molecule has 1 aromatic carbocycles. The predicted octanol–water partition coefficient (Wildman–Crippen LogP) is 3.05. The second kappa shape index (κ2) is 7.30. The molecule has 0 heterocycles. The Morgan fingerprint density at radius 2 is 1.80 bits per heavy atom. The summed E-state index contributed by atoms with van der Waals surface area (Å²) in [6.07, 6.45) is 3.27. The summed E-state index contributed by atoms with van der Waals surface area (Å²) in [4.78, 5) is 0. The van der Waals surface area contributed by atoms with Crippen LogP contribution >= 0.6 is 0 Å². The van der Waals surface area contributed by atoms with Crippen LogP contribution in [0, 0.1) is 0 Å². The van der Waals surface area contributed by atoms with Gasteiger partial charge in [0.1, 0.15) is 5.75 Å². The third kappa shape index (κ3) is 4.84. The van der Waals surface area contributed by atoms with Crippen LogP contribution in [0.4, 0.5) is 0 Å². The molecule has 0 saturated carbocycles. The largest absolute Gasteiger partial charge is 0.497 e. The van der Waals surface area contributed by atoms with Gasteiger partial charge in [0.05, 0.1) is 7.11 Å². The SMILES string of the molecule is CCCOCCCc1ccc(OC)cc1. The Kier molecular flexibility index (Phi) is 5.86. The standard InChI is InChI=1S/C13H20O2/c1-3-10-15-11-4-5-12-6-8-13(14-2)9-7-12/h6-9H,3-5,10-11H2,1-2H3. The molecule has 1 rings (SSSR count). The van der Waals surface area contributed by atoms with E-state index in [1.165, 1.54) is 5.56 Å². The summed E-state index contributed by atoms with van der Waals surface area (Å²) in [5.74, 6) is 0.918. The van der Waals surface area contributed by atoms with Crippen LogP contribution in [0.3, 0.4) is 0 Å². The summed E-state index contributed by atoms with van der Waals surface area (Å²) in [5, 5.41) is 0. The second-order valence-electron chi connectivity index (χ2n) is 3.56. The van der Waals surface area contributed by atoms with Crippen molar-refractivity contribution in [3.8, 4) is 5.75 Å². The van der Waals surface area contributed by atoms with Gasteiger partial charge < -0.3 is 9.47 Å². The van der Waals surface area contributed by atoms with Gasteiger partial charge in [0, 0.05) is 13.2 Å². The van der Waals surface area contributed by atoms with E-state index in [2.05, 4.69) is 19.1 Å². The Labute approximate surface area is 92.2 Å². The number of rotatable bonds is 7. The van der Waals surface area contributed by atoms with Gasteiger partial charge in [-0.25, -0.2) is 0 Å². The summed E-state index contributed by atoms with van der Waals surface area (Å²) >= 11 is 0. The van der Waals surface area contributed by atoms with Crippen molar-refractivity contribution in [3.05, 3.63) is 29.8 Å². The molecule has 0 fully saturated rings. The highest BCUT2D eigenvalue weighted by Gasteiger charge is 1.94. The van der Waals surface area contributed by atoms with Crippen molar-refractivity contribution in [2.24, 2.45) is 0 Å². The fraction of sp³-hybridized carbons (Fsp3) is 0.538. The van der Waals surface area contributed by atoms with Crippen molar-refractivity contribution in [1.29, 1.82) is 0 Å². The molecule has 0 bridgehead atoms. The summed E-state index contributed by atoms with van der Waals surface area (Å²) in [6, 6.07) is 8.22. The molecule has 2 heteroatoms. The van der Waals surface area contributed by atoms with Crippen molar-refractivity contribution in [2.45, 2.75) is 26.2 Å². The Morgan fingerprint density at radius 1 is 1.07 bits per heavy atom. The summed E-state index contributed by atoms with van der Waals surface area (Å²) in [6.45, 7) is 3.87. The van der Waals surface area contributed by atoms with E-state index in [1.54, 1.807) is 7.11 Å². The molecule has 0 amide bonds. The zero-order valence-electron chi connectivity index (χ0n) is 9.66. The molecule has 0 aliphatic heterocycles. The normalized spacial score (nSPS) is 10.3. The van der Waals surface area contributed by atoms with Crippen LogP contribution in [0.25, 0.3) is 0 Å². The lowest BCUT2D eigenvalue weighted by Gasteiger charge is -2.04. The van der Waals surface area contributed by atoms with Crippen molar-refractivity contribution < 1.29 is 9.47 Å². The van der Waals surface area contributed by atoms with E-state index in [4.69, 9.17) is 9.47 Å². The minimum absolute atomic E-state index is 0.861. The highest BCUT2D eigenvalue weighted by atomic mass is 16.5. The van der Waals surface area contributed by atoms with Crippen molar-refractivity contribution in [3.63, 3.8) is 0 Å². The number of hydrogen-bond donors (Lipinski definition) is 0. The van der Waals surface area contributed by atoms with Crippen molar-refractivity contribution in [1.82, 2.24) is 0 Å². The van der Waals surface area contributed by atoms with Gasteiger partial charge >= 0.3 is 0 Å². The molecule has 0 unspecified atom stereocenters. The maximum atomic E-state index is 5.42. The van der Waals surface area contributed by atoms with Gasteiger partial charge in [-0.15, -0.1) is 0 Å². The molecule has 0 atom stereocenters. The lowest BCUT2D eigenvalue weighted by Crippen LogP contribution is -1.97. The quantitative estimate of drug-likeness (QED) is 0.641. The fourth-order valence-electron chi connectivity index (χ4n) is 1.42. The smallest absolute Gasteiger partial charge is 0.118 e. The minimum atomic E-state index is 0.861. The lowest BCUT2D eigenvalue weighted by atomic mass is 10.1. The summed E-state index contributed by atoms with van der Waals surface area (Å²) < 4.78 is 10.5. The molecular weight excluding hydrogens is 188 g/mol. The molecule has 2 nitrogen and oxygen atoms in total. The second-order valence-corrected chi connectivity index (χ2v) is 3.56. The third-order valence-electron chi connectivity index (χ3n) is 2.26. The molecule has 0 aliphatic carbocycles. The molecule has 0 spiro atoms. The molecule has 0 radical (unpaired) electrons. The first kappa shape index (κ1) is 12.1. The molecule has 1 aromatic rings. The first-order valence-corrected chi connectivity index (χ1v) is 5.57. The topological polar surface area (TPSA) is 18.5 Å². The number of methoxy groups -OCH3 is 1. The number of hydrogen-bond acceptors (Lipinski definition) is 2. The number of ether oxygens (including phenoxy) is 2. The average molecular weight is 208 g/mol. The van der Waals surface area contributed by atoms with E-state index in [9.17, 15) is 0 Å². The first-order valence-electron chi connectivity index (χ1n) is 5.57. The molecule has 0 aliphatic rings. The maximum absolute atomic E-state index is 5.42. The van der Waals surface area contributed by atoms with E-state index in [0.717, 1.165) is 38.2 Å². The Hall–Kier alpha value is -1.02. The van der Waals surface area contributed by atoms with Gasteiger partial charge in [0.2, 0.25) is 0 Å². The van der Waals surface area contributed by atoms with E-state index in [0.29, 0.717) is 0 Å². The van der Waals surface area contributed by atoms with Crippen LogP contribution in [0.15, 0.2) is 24.3 Å². The van der Waals surface area contributed by atoms with Gasteiger partial charge in [-0.1, -0.05) is 19.1 Å². The van der Waals surface area contributed by atoms with Crippen LogP contribution in [0.2, 0.25) is 0 Å². The van der Waals surface area contributed by atoms with Crippen LogP contribution < -0.4 is 4.74 Å². The monoisotopic (exact) mass is 208 g/mol. The highest BCUT2D eigenvalue weighted by molar-refractivity contribution is 5.27. The van der Waals surface area contributed by atoms with E-state index < -0.39 is 0 Å². The van der Waals surface area contributed by atoms with Crippen molar-refractivity contribution >= 4 is 0 Å². The minimum Gasteiger partial charge on any atom is -0.497 e. The molecular formula is C13H20O2. The molecule has 0 saturated heterocycles. The van der Waals surface area contributed by atoms with Gasteiger partial charge in [-0.3, -0.25) is 0 Å². The van der Waals surface area contributed by atoms with Gasteiger partial charge in [-0.05, 0) is 37.0 Å². The maximum Gasteiger partial charge on any atom is 0.118 e. The molecule has 84 valence electrons. The molecule has 0 aromatic heterocycles. The van der Waals surface area contributed by atoms with Gasteiger partial charge in [0.25, 0.3) is 0 Å².